The van der Waals surface area contributed by atoms with Crippen molar-refractivity contribution in [2.75, 3.05) is 0 Å². The minimum atomic E-state index is -0.204. The van der Waals surface area contributed by atoms with E-state index in [1.807, 2.05) is 11.3 Å². The highest BCUT2D eigenvalue weighted by Gasteiger charge is 2.39. The molecule has 3 heteroatoms. The van der Waals surface area contributed by atoms with Crippen molar-refractivity contribution in [3.63, 3.8) is 0 Å². The van der Waals surface area contributed by atoms with Gasteiger partial charge in [-0.3, -0.25) is 4.98 Å². The van der Waals surface area contributed by atoms with Gasteiger partial charge in [-0.15, -0.1) is 11.3 Å². The summed E-state index contributed by atoms with van der Waals surface area (Å²) < 4.78 is 5.09. The van der Waals surface area contributed by atoms with E-state index >= 15 is 0 Å². The van der Waals surface area contributed by atoms with Crippen LogP contribution in [-0.4, -0.2) is 9.55 Å². The summed E-state index contributed by atoms with van der Waals surface area (Å²) >= 11 is 1.88. The van der Waals surface area contributed by atoms with E-state index in [1.165, 1.54) is 69.8 Å². The van der Waals surface area contributed by atoms with Crippen LogP contribution < -0.4 is 0 Å². The molecule has 6 aromatic carbocycles. The SMILES string of the molecule is CC1(C)c2ccccc2-c2c(-c3ccccc3)cc(-c3cccc(-n4c5ccccc5c5c6c(ccc54)sc4ccccc46)c3)nc21. The Morgan fingerprint density at radius 2 is 1.30 bits per heavy atom. The average molecular weight is 619 g/mol. The molecule has 222 valence electrons. The summed E-state index contributed by atoms with van der Waals surface area (Å²) in [7, 11) is 0. The number of pyridine rings is 1. The summed E-state index contributed by atoms with van der Waals surface area (Å²) in [5, 5.41) is 5.28. The van der Waals surface area contributed by atoms with Gasteiger partial charge in [0.05, 0.1) is 22.4 Å². The van der Waals surface area contributed by atoms with Crippen molar-refractivity contribution in [1.29, 1.82) is 0 Å². The molecule has 3 aromatic heterocycles. The number of nitrogens with zero attached hydrogens (tertiary/aromatic N) is 2. The number of benzene rings is 6. The average Bonchev–Trinajstić information content (AvgIpc) is 3.74. The lowest BCUT2D eigenvalue weighted by Gasteiger charge is -2.21. The summed E-state index contributed by atoms with van der Waals surface area (Å²) in [5.74, 6) is 0. The Balaban J connectivity index is 1.23. The second-order valence-corrected chi connectivity index (χ2v) is 14.2. The van der Waals surface area contributed by atoms with Gasteiger partial charge in [0.2, 0.25) is 0 Å². The summed E-state index contributed by atoms with van der Waals surface area (Å²) in [6, 6.07) is 53.1. The van der Waals surface area contributed by atoms with Crippen molar-refractivity contribution >= 4 is 53.3 Å². The maximum Gasteiger partial charge on any atom is 0.0713 e. The fourth-order valence-corrected chi connectivity index (χ4v) is 9.11. The van der Waals surface area contributed by atoms with E-state index < -0.39 is 0 Å². The summed E-state index contributed by atoms with van der Waals surface area (Å²) in [6.07, 6.45) is 0. The standard InChI is InChI=1S/C44H30N2S/c1-44(2)34-20-9-6-17-30(34)40-33(27-13-4-3-5-14-27)26-35(45-43(40)44)28-15-12-16-29(25-28)46-36-21-10-7-18-31(36)41-37(46)23-24-39-42(41)32-19-8-11-22-38(32)47-39/h3-26H,1-2H3. The van der Waals surface area contributed by atoms with Gasteiger partial charge < -0.3 is 4.57 Å². The second-order valence-electron chi connectivity index (χ2n) is 13.1. The van der Waals surface area contributed by atoms with Crippen LogP contribution in [0.2, 0.25) is 0 Å². The van der Waals surface area contributed by atoms with Gasteiger partial charge in [0.1, 0.15) is 0 Å². The maximum atomic E-state index is 5.48. The number of hydrogen-bond acceptors (Lipinski definition) is 2. The minimum absolute atomic E-state index is 0.204. The van der Waals surface area contributed by atoms with Crippen LogP contribution in [0.4, 0.5) is 0 Å². The van der Waals surface area contributed by atoms with Crippen LogP contribution in [0.3, 0.4) is 0 Å². The zero-order chi connectivity index (χ0) is 31.3. The van der Waals surface area contributed by atoms with Crippen LogP contribution in [0.25, 0.3) is 81.2 Å². The molecule has 1 aliphatic rings. The normalized spacial score (nSPS) is 13.5. The molecule has 1 aliphatic carbocycles. The zero-order valence-corrected chi connectivity index (χ0v) is 27.0. The summed E-state index contributed by atoms with van der Waals surface area (Å²) in [5.41, 5.74) is 13.0. The van der Waals surface area contributed by atoms with Crippen molar-refractivity contribution in [3.05, 3.63) is 157 Å². The molecule has 0 N–H and O–H groups in total. The first kappa shape index (κ1) is 26.7. The number of aromatic nitrogens is 2. The number of hydrogen-bond donors (Lipinski definition) is 0. The number of rotatable bonds is 3. The molecule has 0 atom stereocenters. The molecular weight excluding hydrogens is 589 g/mol. The molecule has 0 radical (unpaired) electrons. The monoisotopic (exact) mass is 618 g/mol. The molecule has 0 bridgehead atoms. The molecular formula is C44H30N2S. The second kappa shape index (κ2) is 9.75. The number of para-hydroxylation sites is 1. The lowest BCUT2D eigenvalue weighted by molar-refractivity contribution is 0.638. The quantitative estimate of drug-likeness (QED) is 0.193. The Bertz CT molecular complexity index is 2710. The molecule has 47 heavy (non-hydrogen) atoms. The van der Waals surface area contributed by atoms with E-state index in [2.05, 4.69) is 164 Å². The van der Waals surface area contributed by atoms with Gasteiger partial charge in [0.25, 0.3) is 0 Å². The van der Waals surface area contributed by atoms with E-state index in [0.717, 1.165) is 22.6 Å². The number of fused-ring (bicyclic) bond motifs is 10. The van der Waals surface area contributed by atoms with Crippen molar-refractivity contribution < 1.29 is 0 Å². The third-order valence-corrected chi connectivity index (χ3v) is 11.3. The summed E-state index contributed by atoms with van der Waals surface area (Å²) in [6.45, 7) is 4.62. The highest BCUT2D eigenvalue weighted by Crippen LogP contribution is 2.52. The first-order valence-corrected chi connectivity index (χ1v) is 17.0. The molecule has 9 aromatic rings. The van der Waals surface area contributed by atoms with Gasteiger partial charge in [-0.1, -0.05) is 117 Å². The molecule has 0 saturated heterocycles. The smallest absolute Gasteiger partial charge is 0.0713 e. The van der Waals surface area contributed by atoms with Crippen molar-refractivity contribution in [2.45, 2.75) is 19.3 Å². The fraction of sp³-hybridized carbons (Fsp3) is 0.0682. The van der Waals surface area contributed by atoms with Crippen LogP contribution in [0.15, 0.2) is 146 Å². The lowest BCUT2D eigenvalue weighted by atomic mass is 9.85. The van der Waals surface area contributed by atoms with Crippen molar-refractivity contribution in [2.24, 2.45) is 0 Å². The molecule has 0 amide bonds. The highest BCUT2D eigenvalue weighted by molar-refractivity contribution is 7.26. The Labute approximate surface area is 277 Å². The molecule has 0 fully saturated rings. The van der Waals surface area contributed by atoms with Crippen molar-refractivity contribution in [3.8, 4) is 39.2 Å². The van der Waals surface area contributed by atoms with E-state index in [1.54, 1.807) is 0 Å². The van der Waals surface area contributed by atoms with E-state index in [0.29, 0.717) is 0 Å². The predicted octanol–water partition coefficient (Wildman–Crippen LogP) is 12.2. The lowest BCUT2D eigenvalue weighted by Crippen LogP contribution is -2.17. The van der Waals surface area contributed by atoms with E-state index in [4.69, 9.17) is 4.98 Å². The first-order valence-electron chi connectivity index (χ1n) is 16.2. The van der Waals surface area contributed by atoms with E-state index in [-0.39, 0.29) is 5.41 Å². The molecule has 0 spiro atoms. The molecule has 0 aliphatic heterocycles. The van der Waals surface area contributed by atoms with Crippen LogP contribution in [0, 0.1) is 0 Å². The molecule has 0 saturated carbocycles. The van der Waals surface area contributed by atoms with Gasteiger partial charge in [0, 0.05) is 53.2 Å². The molecule has 3 heterocycles. The van der Waals surface area contributed by atoms with Gasteiger partial charge in [-0.25, -0.2) is 0 Å². The molecule has 0 unspecified atom stereocenters. The zero-order valence-electron chi connectivity index (χ0n) is 26.2. The Morgan fingerprint density at radius 1 is 0.553 bits per heavy atom. The molecule has 2 nitrogen and oxygen atoms in total. The topological polar surface area (TPSA) is 17.8 Å². The third kappa shape index (κ3) is 3.75. The van der Waals surface area contributed by atoms with Crippen molar-refractivity contribution in [1.82, 2.24) is 9.55 Å². The van der Waals surface area contributed by atoms with Gasteiger partial charge in [-0.05, 0) is 64.7 Å². The Morgan fingerprint density at radius 3 is 2.19 bits per heavy atom. The third-order valence-electron chi connectivity index (χ3n) is 10.1. The van der Waals surface area contributed by atoms with Gasteiger partial charge in [-0.2, -0.15) is 0 Å². The minimum Gasteiger partial charge on any atom is -0.309 e. The van der Waals surface area contributed by atoms with Gasteiger partial charge in [0.15, 0.2) is 0 Å². The van der Waals surface area contributed by atoms with E-state index in [9.17, 15) is 0 Å². The van der Waals surface area contributed by atoms with Crippen LogP contribution in [0.5, 0.6) is 0 Å². The largest absolute Gasteiger partial charge is 0.309 e. The number of thiophene rings is 1. The van der Waals surface area contributed by atoms with Crippen LogP contribution in [-0.2, 0) is 5.41 Å². The van der Waals surface area contributed by atoms with Crippen LogP contribution in [0.1, 0.15) is 25.1 Å². The fourth-order valence-electron chi connectivity index (χ4n) is 7.99. The molecule has 10 rings (SSSR count). The highest BCUT2D eigenvalue weighted by atomic mass is 32.1. The first-order chi connectivity index (χ1) is 23.1. The summed E-state index contributed by atoms with van der Waals surface area (Å²) in [4.78, 5) is 5.48. The Kier molecular flexibility index (Phi) is 5.53. The predicted molar refractivity (Wildman–Crippen MR) is 200 cm³/mol. The Hall–Kier alpha value is -5.51. The maximum absolute atomic E-state index is 5.48. The van der Waals surface area contributed by atoms with Crippen LogP contribution >= 0.6 is 11.3 Å². The van der Waals surface area contributed by atoms with Gasteiger partial charge >= 0.3 is 0 Å².